The fraction of sp³-hybridized carbons (Fsp3) is 0.364. The number of nitrogens with zero attached hydrogens (tertiary/aromatic N) is 2. The van der Waals surface area contributed by atoms with Gasteiger partial charge in [0, 0.05) is 30.9 Å². The normalized spacial score (nSPS) is 12.1. The van der Waals surface area contributed by atoms with Crippen molar-refractivity contribution >= 4 is 21.1 Å². The highest BCUT2D eigenvalue weighted by molar-refractivity contribution is 7.88. The highest BCUT2D eigenvalue weighted by Gasteiger charge is 2.02. The molecule has 0 amide bonds. The van der Waals surface area contributed by atoms with Crippen LogP contribution in [0.4, 0.5) is 0 Å². The van der Waals surface area contributed by atoms with E-state index in [-0.39, 0.29) is 0 Å². The highest BCUT2D eigenvalue weighted by Crippen LogP contribution is 2.12. The van der Waals surface area contributed by atoms with Crippen LogP contribution in [0.3, 0.4) is 0 Å². The first kappa shape index (κ1) is 12.1. The smallest absolute Gasteiger partial charge is 0.208 e. The lowest BCUT2D eigenvalue weighted by Crippen LogP contribution is -2.23. The molecule has 0 unspecified atom stereocenters. The second-order valence-electron chi connectivity index (χ2n) is 3.95. The minimum absolute atomic E-state index is 0.450. The summed E-state index contributed by atoms with van der Waals surface area (Å²) in [6.07, 6.45) is 5.64. The number of sulfonamides is 1. The van der Waals surface area contributed by atoms with Gasteiger partial charge in [-0.2, -0.15) is 0 Å². The Hall–Kier alpha value is -1.40. The Labute approximate surface area is 101 Å². The van der Waals surface area contributed by atoms with Gasteiger partial charge in [-0.1, -0.05) is 0 Å². The van der Waals surface area contributed by atoms with E-state index in [2.05, 4.69) is 9.71 Å². The van der Waals surface area contributed by atoms with Crippen molar-refractivity contribution in [3.8, 4) is 0 Å². The van der Waals surface area contributed by atoms with Gasteiger partial charge in [0.25, 0.3) is 0 Å². The van der Waals surface area contributed by atoms with Crippen molar-refractivity contribution in [3.05, 3.63) is 30.6 Å². The lowest BCUT2D eigenvalue weighted by molar-refractivity contribution is 0.577. The topological polar surface area (TPSA) is 64.0 Å². The van der Waals surface area contributed by atoms with Crippen molar-refractivity contribution in [2.24, 2.45) is 0 Å². The SMILES string of the molecule is CS(=O)(=O)NCCCn1ccc2cccnc21. The van der Waals surface area contributed by atoms with Crippen molar-refractivity contribution < 1.29 is 8.42 Å². The second kappa shape index (κ2) is 4.85. The summed E-state index contributed by atoms with van der Waals surface area (Å²) in [7, 11) is -3.08. The number of nitrogens with one attached hydrogen (secondary N) is 1. The Morgan fingerprint density at radius 2 is 2.24 bits per heavy atom. The molecule has 2 rings (SSSR count). The van der Waals surface area contributed by atoms with Gasteiger partial charge < -0.3 is 4.57 Å². The molecule has 0 fully saturated rings. The van der Waals surface area contributed by atoms with Crippen molar-refractivity contribution in [1.29, 1.82) is 0 Å². The number of aromatic nitrogens is 2. The van der Waals surface area contributed by atoms with E-state index in [4.69, 9.17) is 0 Å². The summed E-state index contributed by atoms with van der Waals surface area (Å²) in [5.41, 5.74) is 0.937. The van der Waals surface area contributed by atoms with Crippen LogP contribution in [-0.2, 0) is 16.6 Å². The van der Waals surface area contributed by atoms with Crippen LogP contribution in [0.25, 0.3) is 11.0 Å². The van der Waals surface area contributed by atoms with Gasteiger partial charge in [-0.15, -0.1) is 0 Å². The molecule has 2 aromatic heterocycles. The van der Waals surface area contributed by atoms with E-state index in [0.717, 1.165) is 24.0 Å². The third kappa shape index (κ3) is 3.28. The molecule has 92 valence electrons. The van der Waals surface area contributed by atoms with Crippen molar-refractivity contribution in [3.63, 3.8) is 0 Å². The van der Waals surface area contributed by atoms with Gasteiger partial charge in [0.05, 0.1) is 6.26 Å². The maximum absolute atomic E-state index is 10.9. The number of rotatable bonds is 5. The fourth-order valence-electron chi connectivity index (χ4n) is 1.71. The molecule has 0 saturated heterocycles. The average molecular weight is 253 g/mol. The van der Waals surface area contributed by atoms with Crippen LogP contribution in [0.2, 0.25) is 0 Å². The minimum Gasteiger partial charge on any atom is -0.332 e. The van der Waals surface area contributed by atoms with Crippen molar-refractivity contribution in [2.75, 3.05) is 12.8 Å². The molecule has 0 aliphatic rings. The van der Waals surface area contributed by atoms with Gasteiger partial charge in [-0.3, -0.25) is 0 Å². The van der Waals surface area contributed by atoms with Crippen molar-refractivity contribution in [1.82, 2.24) is 14.3 Å². The Kier molecular flexibility index (Phi) is 3.44. The first-order valence-electron chi connectivity index (χ1n) is 5.41. The van der Waals surface area contributed by atoms with E-state index < -0.39 is 10.0 Å². The zero-order valence-corrected chi connectivity index (χ0v) is 10.4. The van der Waals surface area contributed by atoms with Crippen LogP contribution >= 0.6 is 0 Å². The molecule has 1 N–H and O–H groups in total. The third-order valence-corrected chi connectivity index (χ3v) is 3.19. The summed E-state index contributed by atoms with van der Waals surface area (Å²) in [4.78, 5) is 4.29. The molecular weight excluding hydrogens is 238 g/mol. The molecule has 6 heteroatoms. The first-order valence-corrected chi connectivity index (χ1v) is 7.30. The van der Waals surface area contributed by atoms with Gasteiger partial charge in [0.2, 0.25) is 10.0 Å². The van der Waals surface area contributed by atoms with E-state index in [1.165, 1.54) is 6.26 Å². The summed E-state index contributed by atoms with van der Waals surface area (Å²) < 4.78 is 26.2. The fourth-order valence-corrected chi connectivity index (χ4v) is 2.22. The molecule has 0 aromatic carbocycles. The average Bonchev–Trinajstić information content (AvgIpc) is 2.67. The number of hydrogen-bond acceptors (Lipinski definition) is 3. The van der Waals surface area contributed by atoms with Crippen LogP contribution in [0, 0.1) is 0 Å². The summed E-state index contributed by atoms with van der Waals surface area (Å²) in [5, 5.41) is 1.10. The molecule has 0 radical (unpaired) electrons. The molecule has 2 heterocycles. The third-order valence-electron chi connectivity index (χ3n) is 2.46. The van der Waals surface area contributed by atoms with E-state index in [0.29, 0.717) is 6.54 Å². The van der Waals surface area contributed by atoms with Crippen LogP contribution in [0.15, 0.2) is 30.6 Å². The van der Waals surface area contributed by atoms with Crippen molar-refractivity contribution in [2.45, 2.75) is 13.0 Å². The summed E-state index contributed by atoms with van der Waals surface area (Å²) in [6, 6.07) is 5.91. The summed E-state index contributed by atoms with van der Waals surface area (Å²) in [6.45, 7) is 1.20. The predicted octanol–water partition coefficient (Wildman–Crippen LogP) is 0.976. The van der Waals surface area contributed by atoms with Crippen LogP contribution in [0.5, 0.6) is 0 Å². The Balaban J connectivity index is 1.96. The maximum Gasteiger partial charge on any atom is 0.208 e. The molecule has 2 aromatic rings. The summed E-state index contributed by atoms with van der Waals surface area (Å²) >= 11 is 0. The van der Waals surface area contributed by atoms with Gasteiger partial charge in [-0.05, 0) is 24.6 Å². The molecule has 17 heavy (non-hydrogen) atoms. The van der Waals surface area contributed by atoms with Crippen LogP contribution in [-0.4, -0.2) is 30.8 Å². The predicted molar refractivity (Wildman–Crippen MR) is 67.2 cm³/mol. The number of pyridine rings is 1. The van der Waals surface area contributed by atoms with Gasteiger partial charge in [0.15, 0.2) is 0 Å². The lowest BCUT2D eigenvalue weighted by atomic mass is 10.3. The van der Waals surface area contributed by atoms with Gasteiger partial charge in [-0.25, -0.2) is 18.1 Å². The Morgan fingerprint density at radius 1 is 1.41 bits per heavy atom. The number of fused-ring (bicyclic) bond motifs is 1. The highest BCUT2D eigenvalue weighted by atomic mass is 32.2. The largest absolute Gasteiger partial charge is 0.332 e. The molecule has 0 atom stereocenters. The molecule has 5 nitrogen and oxygen atoms in total. The molecule has 0 aliphatic carbocycles. The van der Waals surface area contributed by atoms with Crippen LogP contribution in [0.1, 0.15) is 6.42 Å². The standard InChI is InChI=1S/C11H15N3O2S/c1-17(15,16)13-7-3-8-14-9-5-10-4-2-6-12-11(10)14/h2,4-6,9,13H,3,7-8H2,1H3. The minimum atomic E-state index is -3.08. The summed E-state index contributed by atoms with van der Waals surface area (Å²) in [5.74, 6) is 0. The van der Waals surface area contributed by atoms with Gasteiger partial charge >= 0.3 is 0 Å². The lowest BCUT2D eigenvalue weighted by Gasteiger charge is -2.05. The Bertz CT molecular complexity index is 604. The van der Waals surface area contributed by atoms with Gasteiger partial charge in [0.1, 0.15) is 5.65 Å². The van der Waals surface area contributed by atoms with E-state index in [9.17, 15) is 8.42 Å². The second-order valence-corrected chi connectivity index (χ2v) is 5.78. The van der Waals surface area contributed by atoms with E-state index >= 15 is 0 Å². The quantitative estimate of drug-likeness (QED) is 0.808. The molecular formula is C11H15N3O2S. The van der Waals surface area contributed by atoms with Crippen LogP contribution < -0.4 is 4.72 Å². The van der Waals surface area contributed by atoms with E-state index in [1.54, 1.807) is 6.20 Å². The number of hydrogen-bond donors (Lipinski definition) is 1. The molecule has 0 aliphatic heterocycles. The zero-order chi connectivity index (χ0) is 12.3. The Morgan fingerprint density at radius 3 is 3.00 bits per heavy atom. The zero-order valence-electron chi connectivity index (χ0n) is 9.63. The maximum atomic E-state index is 10.9. The van der Waals surface area contributed by atoms with E-state index in [1.807, 2.05) is 29.0 Å². The monoisotopic (exact) mass is 253 g/mol. The number of aryl methyl sites for hydroxylation is 1. The molecule has 0 bridgehead atoms. The first-order chi connectivity index (χ1) is 8.06. The molecule has 0 spiro atoms. The molecule has 0 saturated carbocycles.